The summed E-state index contributed by atoms with van der Waals surface area (Å²) in [6, 6.07) is 1.58. The Labute approximate surface area is 167 Å². The molecule has 1 aromatic heterocycles. The van der Waals surface area contributed by atoms with Crippen LogP contribution in [0.1, 0.15) is 56.6 Å². The predicted molar refractivity (Wildman–Crippen MR) is 97.2 cm³/mol. The molecule has 0 unspecified atom stereocenters. The number of amides is 1. The predicted octanol–water partition coefficient (Wildman–Crippen LogP) is 3.22. The molecular weight excluding hydrogens is 387 g/mol. The number of hydrogen-bond acceptors (Lipinski definition) is 5. The molecule has 7 nitrogen and oxygen atoms in total. The van der Waals surface area contributed by atoms with E-state index in [1.54, 1.807) is 10.6 Å². The second-order valence-corrected chi connectivity index (χ2v) is 7.30. The van der Waals surface area contributed by atoms with Crippen molar-refractivity contribution in [2.75, 3.05) is 19.7 Å². The molecule has 0 saturated carbocycles. The van der Waals surface area contributed by atoms with E-state index in [2.05, 4.69) is 10.2 Å². The SMILES string of the molecule is N#C/C(=C(\OCC(=O)N1CCCCCC1)C(F)(F)F)c1nnc2n1CCCCC2. The van der Waals surface area contributed by atoms with Crippen LogP contribution in [-0.2, 0) is 22.5 Å². The molecule has 3 heterocycles. The van der Waals surface area contributed by atoms with E-state index in [1.807, 2.05) is 0 Å². The number of aryl methyl sites for hydroxylation is 1. The monoisotopic (exact) mass is 411 g/mol. The maximum atomic E-state index is 13.7. The van der Waals surface area contributed by atoms with Crippen LogP contribution in [0.15, 0.2) is 5.76 Å². The molecule has 2 aliphatic rings. The highest BCUT2D eigenvalue weighted by Gasteiger charge is 2.41. The van der Waals surface area contributed by atoms with Gasteiger partial charge < -0.3 is 14.2 Å². The van der Waals surface area contributed by atoms with Gasteiger partial charge in [-0.1, -0.05) is 19.3 Å². The maximum absolute atomic E-state index is 13.7. The van der Waals surface area contributed by atoms with E-state index in [-0.39, 0.29) is 5.82 Å². The maximum Gasteiger partial charge on any atom is 0.450 e. The zero-order valence-electron chi connectivity index (χ0n) is 16.2. The Balaban J connectivity index is 1.86. The van der Waals surface area contributed by atoms with Gasteiger partial charge in [0.2, 0.25) is 5.76 Å². The van der Waals surface area contributed by atoms with Gasteiger partial charge in [0.05, 0.1) is 0 Å². The minimum Gasteiger partial charge on any atom is -0.478 e. The van der Waals surface area contributed by atoms with E-state index in [4.69, 9.17) is 4.74 Å². The number of nitrogens with zero attached hydrogens (tertiary/aromatic N) is 5. The van der Waals surface area contributed by atoms with Crippen molar-refractivity contribution in [3.63, 3.8) is 0 Å². The summed E-state index contributed by atoms with van der Waals surface area (Å²) in [7, 11) is 0. The summed E-state index contributed by atoms with van der Waals surface area (Å²) in [6.07, 6.45) is 1.88. The third-order valence-corrected chi connectivity index (χ3v) is 5.23. The standard InChI is InChI=1S/C19H24F3N5O2/c20-19(21,22)17(29-13-16(28)26-9-5-1-2-6-10-26)14(12-23)18-25-24-15-8-4-3-7-11-27(15)18/h1-11,13H2/b17-14+. The molecule has 0 radical (unpaired) electrons. The van der Waals surface area contributed by atoms with E-state index in [0.29, 0.717) is 31.9 Å². The number of aromatic nitrogens is 3. The lowest BCUT2D eigenvalue weighted by atomic mass is 10.2. The number of ether oxygens (including phenoxy) is 1. The summed E-state index contributed by atoms with van der Waals surface area (Å²) < 4.78 is 47.6. The van der Waals surface area contributed by atoms with Crippen molar-refractivity contribution in [3.8, 4) is 6.07 Å². The lowest BCUT2D eigenvalue weighted by Crippen LogP contribution is -2.35. The summed E-state index contributed by atoms with van der Waals surface area (Å²) in [5, 5.41) is 17.3. The molecule has 1 aromatic rings. The third kappa shape index (κ3) is 5.08. The first-order valence-corrected chi connectivity index (χ1v) is 9.96. The van der Waals surface area contributed by atoms with Gasteiger partial charge in [-0.3, -0.25) is 4.79 Å². The van der Waals surface area contributed by atoms with Crippen LogP contribution in [0.3, 0.4) is 0 Å². The second-order valence-electron chi connectivity index (χ2n) is 7.30. The van der Waals surface area contributed by atoms with Gasteiger partial charge in [-0.2, -0.15) is 18.4 Å². The van der Waals surface area contributed by atoms with E-state index >= 15 is 0 Å². The van der Waals surface area contributed by atoms with Crippen molar-refractivity contribution < 1.29 is 22.7 Å². The summed E-state index contributed by atoms with van der Waals surface area (Å²) in [4.78, 5) is 13.9. The highest BCUT2D eigenvalue weighted by Crippen LogP contribution is 2.33. The number of fused-ring (bicyclic) bond motifs is 1. The van der Waals surface area contributed by atoms with Crippen LogP contribution in [0.2, 0.25) is 0 Å². The summed E-state index contributed by atoms with van der Waals surface area (Å²) in [5.41, 5.74) is -0.734. The van der Waals surface area contributed by atoms with Crippen molar-refractivity contribution in [1.29, 1.82) is 5.26 Å². The number of allylic oxidation sites excluding steroid dienone is 2. The summed E-state index contributed by atoms with van der Waals surface area (Å²) in [5.74, 6) is -1.58. The van der Waals surface area contributed by atoms with Crippen LogP contribution >= 0.6 is 0 Å². The fraction of sp³-hybridized carbons (Fsp3) is 0.684. The van der Waals surface area contributed by atoms with Gasteiger partial charge >= 0.3 is 6.18 Å². The van der Waals surface area contributed by atoms with Gasteiger partial charge in [-0.05, 0) is 25.7 Å². The van der Waals surface area contributed by atoms with Gasteiger partial charge in [-0.15, -0.1) is 10.2 Å². The Kier molecular flexibility index (Phi) is 6.77. The first-order chi connectivity index (χ1) is 13.9. The van der Waals surface area contributed by atoms with Crippen LogP contribution < -0.4 is 0 Å². The fourth-order valence-electron chi connectivity index (χ4n) is 3.71. The summed E-state index contributed by atoms with van der Waals surface area (Å²) in [6.45, 7) is 0.702. The third-order valence-electron chi connectivity index (χ3n) is 5.23. The quantitative estimate of drug-likeness (QED) is 0.561. The second kappa shape index (κ2) is 9.29. The molecule has 29 heavy (non-hydrogen) atoms. The molecule has 10 heteroatoms. The molecule has 0 bridgehead atoms. The van der Waals surface area contributed by atoms with Crippen molar-refractivity contribution in [2.24, 2.45) is 0 Å². The average Bonchev–Trinajstić information content (AvgIpc) is 2.89. The molecule has 0 spiro atoms. The molecule has 1 fully saturated rings. The van der Waals surface area contributed by atoms with Crippen LogP contribution in [0, 0.1) is 11.3 Å². The highest BCUT2D eigenvalue weighted by molar-refractivity contribution is 5.79. The van der Waals surface area contributed by atoms with E-state index < -0.39 is 30.0 Å². The molecule has 3 rings (SSSR count). The van der Waals surface area contributed by atoms with Crippen molar-refractivity contribution >= 4 is 11.5 Å². The number of alkyl halides is 3. The smallest absolute Gasteiger partial charge is 0.450 e. The lowest BCUT2D eigenvalue weighted by molar-refractivity contribution is -0.146. The Morgan fingerprint density at radius 3 is 2.34 bits per heavy atom. The first kappa shape index (κ1) is 21.1. The van der Waals surface area contributed by atoms with Crippen molar-refractivity contribution in [2.45, 2.75) is 64.1 Å². The van der Waals surface area contributed by atoms with E-state index in [0.717, 1.165) is 44.9 Å². The van der Waals surface area contributed by atoms with Crippen molar-refractivity contribution in [3.05, 3.63) is 17.4 Å². The molecule has 0 atom stereocenters. The number of carbonyl (C=O) groups is 1. The molecule has 158 valence electrons. The lowest BCUT2D eigenvalue weighted by Gasteiger charge is -2.22. The number of likely N-dealkylation sites (tertiary alicyclic amines) is 1. The largest absolute Gasteiger partial charge is 0.478 e. The Hall–Kier alpha value is -2.57. The van der Waals surface area contributed by atoms with Gasteiger partial charge in [0.25, 0.3) is 5.91 Å². The van der Waals surface area contributed by atoms with Gasteiger partial charge in [0.1, 0.15) is 17.5 Å². The number of nitriles is 1. The van der Waals surface area contributed by atoms with Crippen LogP contribution in [0.25, 0.3) is 5.57 Å². The molecule has 1 saturated heterocycles. The number of carbonyl (C=O) groups excluding carboxylic acids is 1. The minimum absolute atomic E-state index is 0.154. The van der Waals surface area contributed by atoms with Gasteiger partial charge in [0.15, 0.2) is 12.4 Å². The number of rotatable bonds is 4. The average molecular weight is 411 g/mol. The number of halogens is 3. The van der Waals surface area contributed by atoms with E-state index in [9.17, 15) is 23.2 Å². The Morgan fingerprint density at radius 2 is 1.69 bits per heavy atom. The zero-order valence-corrected chi connectivity index (χ0v) is 16.2. The Morgan fingerprint density at radius 1 is 1.03 bits per heavy atom. The highest BCUT2D eigenvalue weighted by atomic mass is 19.4. The molecule has 0 N–H and O–H groups in total. The fourth-order valence-corrected chi connectivity index (χ4v) is 3.71. The minimum atomic E-state index is -4.93. The first-order valence-electron chi connectivity index (χ1n) is 9.96. The van der Waals surface area contributed by atoms with Crippen LogP contribution in [0.5, 0.6) is 0 Å². The normalized spacial score (nSPS) is 18.8. The van der Waals surface area contributed by atoms with Gasteiger partial charge in [0, 0.05) is 26.1 Å². The van der Waals surface area contributed by atoms with Crippen LogP contribution in [-0.4, -0.2) is 51.4 Å². The Bertz CT molecular complexity index is 802. The molecule has 2 aliphatic heterocycles. The molecular formula is C19H24F3N5O2. The topological polar surface area (TPSA) is 84.0 Å². The van der Waals surface area contributed by atoms with Crippen molar-refractivity contribution in [1.82, 2.24) is 19.7 Å². The number of hydrogen-bond donors (Lipinski definition) is 0. The molecule has 0 aromatic carbocycles. The summed E-state index contributed by atoms with van der Waals surface area (Å²) >= 11 is 0. The van der Waals surface area contributed by atoms with E-state index in [1.165, 1.54) is 4.90 Å². The van der Waals surface area contributed by atoms with Crippen LogP contribution in [0.4, 0.5) is 13.2 Å². The zero-order chi connectivity index (χ0) is 20.9. The molecule has 1 amide bonds. The van der Waals surface area contributed by atoms with Gasteiger partial charge in [-0.25, -0.2) is 0 Å². The molecule has 0 aliphatic carbocycles.